The fraction of sp³-hybridized carbons (Fsp3) is 0.833. The summed E-state index contributed by atoms with van der Waals surface area (Å²) in [7, 11) is 0. The van der Waals surface area contributed by atoms with Crippen molar-refractivity contribution in [1.82, 2.24) is 4.90 Å². The van der Waals surface area contributed by atoms with Gasteiger partial charge in [-0.15, -0.1) is 6.58 Å². The van der Waals surface area contributed by atoms with Crippen molar-refractivity contribution in [2.75, 3.05) is 19.6 Å². The summed E-state index contributed by atoms with van der Waals surface area (Å²) in [6, 6.07) is 0.444. The molecule has 1 fully saturated rings. The second kappa shape index (κ2) is 6.20. The Bertz CT molecular complexity index is 168. The lowest BCUT2D eigenvalue weighted by atomic mass is 10.0. The molecule has 2 heteroatoms. The van der Waals surface area contributed by atoms with Gasteiger partial charge in [-0.05, 0) is 31.7 Å². The van der Waals surface area contributed by atoms with Crippen LogP contribution in [0.25, 0.3) is 0 Å². The summed E-state index contributed by atoms with van der Waals surface area (Å²) in [6.45, 7) is 9.38. The van der Waals surface area contributed by atoms with Crippen LogP contribution >= 0.6 is 0 Å². The molecule has 2 unspecified atom stereocenters. The van der Waals surface area contributed by atoms with E-state index in [0.717, 1.165) is 12.5 Å². The first-order valence-corrected chi connectivity index (χ1v) is 5.86. The highest BCUT2D eigenvalue weighted by molar-refractivity contribution is 4.84. The SMILES string of the molecule is C=CCN(CCC)CC1CCCC1N. The van der Waals surface area contributed by atoms with E-state index >= 15 is 0 Å². The van der Waals surface area contributed by atoms with Gasteiger partial charge in [0.05, 0.1) is 0 Å². The van der Waals surface area contributed by atoms with Gasteiger partial charge in [-0.25, -0.2) is 0 Å². The van der Waals surface area contributed by atoms with Crippen LogP contribution in [0.15, 0.2) is 12.7 Å². The third kappa shape index (κ3) is 3.43. The van der Waals surface area contributed by atoms with Crippen LogP contribution in [-0.4, -0.2) is 30.6 Å². The lowest BCUT2D eigenvalue weighted by molar-refractivity contribution is 0.244. The summed E-state index contributed by atoms with van der Waals surface area (Å²) < 4.78 is 0. The zero-order valence-electron chi connectivity index (χ0n) is 9.41. The summed E-state index contributed by atoms with van der Waals surface area (Å²) in [6.07, 6.45) is 7.07. The van der Waals surface area contributed by atoms with Crippen LogP contribution in [0.3, 0.4) is 0 Å². The summed E-state index contributed by atoms with van der Waals surface area (Å²) in [4.78, 5) is 2.48. The Morgan fingerprint density at radius 3 is 2.79 bits per heavy atom. The molecule has 2 atom stereocenters. The first kappa shape index (κ1) is 11.7. The standard InChI is InChI=1S/C12H24N2/c1-3-8-14(9-4-2)10-11-6-5-7-12(11)13/h3,11-12H,1,4-10,13H2,2H3. The van der Waals surface area contributed by atoms with Gasteiger partial charge in [0.25, 0.3) is 0 Å². The molecule has 0 heterocycles. The highest BCUT2D eigenvalue weighted by Crippen LogP contribution is 2.24. The first-order chi connectivity index (χ1) is 6.77. The topological polar surface area (TPSA) is 29.3 Å². The molecular weight excluding hydrogens is 172 g/mol. The lowest BCUT2D eigenvalue weighted by Gasteiger charge is -2.25. The Labute approximate surface area is 88.2 Å². The quantitative estimate of drug-likeness (QED) is 0.658. The second-order valence-electron chi connectivity index (χ2n) is 4.40. The van der Waals surface area contributed by atoms with Gasteiger partial charge in [0.1, 0.15) is 0 Å². The third-order valence-electron chi connectivity index (χ3n) is 3.14. The van der Waals surface area contributed by atoms with Crippen LogP contribution in [0.2, 0.25) is 0 Å². The van der Waals surface area contributed by atoms with Gasteiger partial charge in [-0.3, -0.25) is 4.90 Å². The van der Waals surface area contributed by atoms with E-state index in [-0.39, 0.29) is 0 Å². The number of rotatable bonds is 6. The zero-order chi connectivity index (χ0) is 10.4. The van der Waals surface area contributed by atoms with Crippen LogP contribution in [-0.2, 0) is 0 Å². The molecule has 0 aliphatic heterocycles. The monoisotopic (exact) mass is 196 g/mol. The predicted molar refractivity (Wildman–Crippen MR) is 62.2 cm³/mol. The van der Waals surface area contributed by atoms with E-state index in [9.17, 15) is 0 Å². The molecule has 0 aromatic heterocycles. The van der Waals surface area contributed by atoms with E-state index in [1.165, 1.54) is 38.8 Å². The molecule has 1 saturated carbocycles. The average Bonchev–Trinajstić information content (AvgIpc) is 2.53. The van der Waals surface area contributed by atoms with Crippen LogP contribution in [0.4, 0.5) is 0 Å². The van der Waals surface area contributed by atoms with Crippen molar-refractivity contribution in [3.05, 3.63) is 12.7 Å². The molecule has 0 aromatic rings. The van der Waals surface area contributed by atoms with Crippen molar-refractivity contribution in [1.29, 1.82) is 0 Å². The van der Waals surface area contributed by atoms with Crippen molar-refractivity contribution in [2.45, 2.75) is 38.6 Å². The summed E-state index contributed by atoms with van der Waals surface area (Å²) in [5, 5.41) is 0. The number of nitrogens with two attached hydrogens (primary N) is 1. The minimum Gasteiger partial charge on any atom is -0.327 e. The molecule has 0 saturated heterocycles. The van der Waals surface area contributed by atoms with Crippen molar-refractivity contribution in [2.24, 2.45) is 11.7 Å². The second-order valence-corrected chi connectivity index (χ2v) is 4.40. The average molecular weight is 196 g/mol. The van der Waals surface area contributed by atoms with E-state index in [0.29, 0.717) is 6.04 Å². The van der Waals surface area contributed by atoms with Gasteiger partial charge in [0.15, 0.2) is 0 Å². The molecule has 2 N–H and O–H groups in total. The fourth-order valence-electron chi connectivity index (χ4n) is 2.38. The van der Waals surface area contributed by atoms with Crippen molar-refractivity contribution in [3.63, 3.8) is 0 Å². The highest BCUT2D eigenvalue weighted by Gasteiger charge is 2.25. The van der Waals surface area contributed by atoms with Crippen LogP contribution in [0, 0.1) is 5.92 Å². The molecule has 1 aliphatic carbocycles. The van der Waals surface area contributed by atoms with E-state index in [1.54, 1.807) is 0 Å². The van der Waals surface area contributed by atoms with Gasteiger partial charge >= 0.3 is 0 Å². The third-order valence-corrected chi connectivity index (χ3v) is 3.14. The summed E-state index contributed by atoms with van der Waals surface area (Å²) in [5.74, 6) is 0.724. The van der Waals surface area contributed by atoms with E-state index in [2.05, 4.69) is 18.4 Å². The molecule has 0 amide bonds. The number of nitrogens with zero attached hydrogens (tertiary/aromatic N) is 1. The number of hydrogen-bond acceptors (Lipinski definition) is 2. The summed E-state index contributed by atoms with van der Waals surface area (Å²) >= 11 is 0. The molecule has 0 bridgehead atoms. The molecule has 1 rings (SSSR count). The van der Waals surface area contributed by atoms with Crippen molar-refractivity contribution >= 4 is 0 Å². The maximum atomic E-state index is 6.07. The van der Waals surface area contributed by atoms with Crippen molar-refractivity contribution < 1.29 is 0 Å². The zero-order valence-corrected chi connectivity index (χ0v) is 9.41. The Hall–Kier alpha value is -0.340. The maximum absolute atomic E-state index is 6.07. The Morgan fingerprint density at radius 1 is 1.50 bits per heavy atom. The Kier molecular flexibility index (Phi) is 5.20. The molecule has 1 aliphatic rings. The predicted octanol–water partition coefficient (Wildman–Crippen LogP) is 2.01. The van der Waals surface area contributed by atoms with E-state index < -0.39 is 0 Å². The molecule has 0 aromatic carbocycles. The molecule has 0 radical (unpaired) electrons. The summed E-state index contributed by atoms with van der Waals surface area (Å²) in [5.41, 5.74) is 6.07. The van der Waals surface area contributed by atoms with Crippen LogP contribution in [0.5, 0.6) is 0 Å². The van der Waals surface area contributed by atoms with Gasteiger partial charge in [0, 0.05) is 19.1 Å². The van der Waals surface area contributed by atoms with E-state index in [1.807, 2.05) is 6.08 Å². The normalized spacial score (nSPS) is 27.1. The highest BCUT2D eigenvalue weighted by atomic mass is 15.1. The van der Waals surface area contributed by atoms with Gasteiger partial charge in [0.2, 0.25) is 0 Å². The largest absolute Gasteiger partial charge is 0.327 e. The smallest absolute Gasteiger partial charge is 0.0160 e. The molecule has 2 nitrogen and oxygen atoms in total. The Balaban J connectivity index is 2.33. The minimum atomic E-state index is 0.444. The number of hydrogen-bond donors (Lipinski definition) is 1. The van der Waals surface area contributed by atoms with E-state index in [4.69, 9.17) is 5.73 Å². The first-order valence-electron chi connectivity index (χ1n) is 5.86. The van der Waals surface area contributed by atoms with Crippen molar-refractivity contribution in [3.8, 4) is 0 Å². The molecular formula is C12H24N2. The molecule has 82 valence electrons. The lowest BCUT2D eigenvalue weighted by Crippen LogP contribution is -2.36. The van der Waals surface area contributed by atoms with Crippen LogP contribution in [0.1, 0.15) is 32.6 Å². The maximum Gasteiger partial charge on any atom is 0.0160 e. The Morgan fingerprint density at radius 2 is 2.29 bits per heavy atom. The van der Waals surface area contributed by atoms with Gasteiger partial charge in [-0.2, -0.15) is 0 Å². The van der Waals surface area contributed by atoms with Crippen LogP contribution < -0.4 is 5.73 Å². The van der Waals surface area contributed by atoms with Gasteiger partial charge in [-0.1, -0.05) is 19.4 Å². The minimum absolute atomic E-state index is 0.444. The van der Waals surface area contributed by atoms with Gasteiger partial charge < -0.3 is 5.73 Å². The molecule has 0 spiro atoms. The molecule has 14 heavy (non-hydrogen) atoms. The fourth-order valence-corrected chi connectivity index (χ4v) is 2.38.